The first-order chi connectivity index (χ1) is 13.1. The van der Waals surface area contributed by atoms with Crippen molar-refractivity contribution in [1.29, 1.82) is 0 Å². The number of aromatic nitrogens is 3. The Morgan fingerprint density at radius 2 is 2.04 bits per heavy atom. The van der Waals surface area contributed by atoms with Crippen molar-refractivity contribution in [1.82, 2.24) is 14.8 Å². The molecule has 0 bridgehead atoms. The van der Waals surface area contributed by atoms with Crippen LogP contribution in [0.25, 0.3) is 11.6 Å². The molecule has 0 atom stereocenters. The summed E-state index contributed by atoms with van der Waals surface area (Å²) in [6.07, 6.45) is 1.59. The van der Waals surface area contributed by atoms with Crippen LogP contribution in [-0.2, 0) is 16.1 Å². The van der Waals surface area contributed by atoms with Crippen molar-refractivity contribution in [2.75, 3.05) is 24.8 Å². The van der Waals surface area contributed by atoms with E-state index in [0.717, 1.165) is 16.8 Å². The summed E-state index contributed by atoms with van der Waals surface area (Å²) < 4.78 is 12.5. The number of ether oxygens (including phenoxy) is 1. The number of nitrogens with zero attached hydrogens (tertiary/aromatic N) is 3. The van der Waals surface area contributed by atoms with Gasteiger partial charge in [0.25, 0.3) is 0 Å². The minimum atomic E-state index is -0.0918. The van der Waals surface area contributed by atoms with Gasteiger partial charge in [0.05, 0.1) is 25.2 Å². The van der Waals surface area contributed by atoms with Crippen LogP contribution in [-0.4, -0.2) is 40.1 Å². The van der Waals surface area contributed by atoms with Crippen LogP contribution in [0.1, 0.15) is 11.1 Å². The minimum Gasteiger partial charge on any atom is -0.461 e. The number of hydrogen-bond acceptors (Lipinski definition) is 6. The van der Waals surface area contributed by atoms with Gasteiger partial charge in [0.2, 0.25) is 11.7 Å². The predicted molar refractivity (Wildman–Crippen MR) is 105 cm³/mol. The molecule has 0 aliphatic rings. The third-order valence-corrected chi connectivity index (χ3v) is 4.78. The molecule has 1 N–H and O–H groups in total. The van der Waals surface area contributed by atoms with Crippen LogP contribution < -0.4 is 5.32 Å². The van der Waals surface area contributed by atoms with Gasteiger partial charge >= 0.3 is 0 Å². The summed E-state index contributed by atoms with van der Waals surface area (Å²) in [4.78, 5) is 12.3. The number of carbonyl (C=O) groups is 1. The van der Waals surface area contributed by atoms with E-state index in [2.05, 4.69) is 21.6 Å². The Morgan fingerprint density at radius 1 is 1.26 bits per heavy atom. The van der Waals surface area contributed by atoms with Gasteiger partial charge in [-0.25, -0.2) is 0 Å². The summed E-state index contributed by atoms with van der Waals surface area (Å²) in [6, 6.07) is 9.60. The molecular formula is C19H22N4O3S. The Morgan fingerprint density at radius 3 is 2.70 bits per heavy atom. The van der Waals surface area contributed by atoms with E-state index >= 15 is 0 Å². The molecule has 2 heterocycles. The molecule has 27 heavy (non-hydrogen) atoms. The molecule has 1 aromatic carbocycles. The molecule has 0 fully saturated rings. The molecule has 2 aromatic heterocycles. The molecule has 0 radical (unpaired) electrons. The van der Waals surface area contributed by atoms with Gasteiger partial charge in [-0.3, -0.25) is 9.36 Å². The highest BCUT2D eigenvalue weighted by atomic mass is 32.2. The molecular weight excluding hydrogens is 364 g/mol. The van der Waals surface area contributed by atoms with Crippen molar-refractivity contribution in [3.8, 4) is 11.6 Å². The smallest absolute Gasteiger partial charge is 0.234 e. The van der Waals surface area contributed by atoms with Crippen LogP contribution in [0.2, 0.25) is 0 Å². The second-order valence-corrected chi connectivity index (χ2v) is 7.08. The summed E-state index contributed by atoms with van der Waals surface area (Å²) in [5.74, 6) is 1.39. The zero-order valence-electron chi connectivity index (χ0n) is 15.6. The Hall–Kier alpha value is -2.58. The SMILES string of the molecule is COCCn1c(SCC(=O)Nc2cc(C)cc(C)c2)nnc1-c1ccco1. The van der Waals surface area contributed by atoms with Crippen LogP contribution in [0.5, 0.6) is 0 Å². The van der Waals surface area contributed by atoms with E-state index in [1.807, 2.05) is 36.6 Å². The standard InChI is InChI=1S/C19H22N4O3S/c1-13-9-14(2)11-15(10-13)20-17(24)12-27-19-22-21-18(16-5-4-7-26-16)23(19)6-8-25-3/h4-5,7,9-11H,6,8,12H2,1-3H3,(H,20,24). The van der Waals surface area contributed by atoms with Crippen LogP contribution in [0.4, 0.5) is 5.69 Å². The van der Waals surface area contributed by atoms with Gasteiger partial charge in [0, 0.05) is 12.8 Å². The van der Waals surface area contributed by atoms with Gasteiger partial charge in [-0.05, 0) is 49.2 Å². The number of furan rings is 1. The number of anilines is 1. The second kappa shape index (κ2) is 8.88. The lowest BCUT2D eigenvalue weighted by atomic mass is 10.1. The number of nitrogens with one attached hydrogen (secondary N) is 1. The van der Waals surface area contributed by atoms with E-state index < -0.39 is 0 Å². The van der Waals surface area contributed by atoms with Crippen molar-refractivity contribution in [3.63, 3.8) is 0 Å². The first-order valence-electron chi connectivity index (χ1n) is 8.54. The molecule has 1 amide bonds. The number of thioether (sulfide) groups is 1. The van der Waals surface area contributed by atoms with Crippen LogP contribution in [0.3, 0.4) is 0 Å². The zero-order valence-corrected chi connectivity index (χ0v) is 16.4. The molecule has 0 aliphatic heterocycles. The maximum atomic E-state index is 12.3. The summed E-state index contributed by atoms with van der Waals surface area (Å²) >= 11 is 1.33. The number of amides is 1. The van der Waals surface area contributed by atoms with Crippen molar-refractivity contribution in [2.45, 2.75) is 25.5 Å². The average molecular weight is 386 g/mol. The minimum absolute atomic E-state index is 0.0918. The lowest BCUT2D eigenvalue weighted by molar-refractivity contribution is -0.113. The lowest BCUT2D eigenvalue weighted by Gasteiger charge is -2.09. The van der Waals surface area contributed by atoms with E-state index in [1.165, 1.54) is 11.8 Å². The highest BCUT2D eigenvalue weighted by Crippen LogP contribution is 2.24. The van der Waals surface area contributed by atoms with Crippen LogP contribution >= 0.6 is 11.8 Å². The molecule has 7 nitrogen and oxygen atoms in total. The van der Waals surface area contributed by atoms with E-state index in [0.29, 0.717) is 29.9 Å². The number of rotatable bonds is 8. The van der Waals surface area contributed by atoms with E-state index in [4.69, 9.17) is 9.15 Å². The Bertz CT molecular complexity index is 886. The average Bonchev–Trinajstić information content (AvgIpc) is 3.26. The molecule has 8 heteroatoms. The van der Waals surface area contributed by atoms with Crippen molar-refractivity contribution in [3.05, 3.63) is 47.7 Å². The Labute approximate surface area is 162 Å². The third kappa shape index (κ3) is 4.99. The Balaban J connectivity index is 1.68. The number of hydrogen-bond donors (Lipinski definition) is 1. The fourth-order valence-corrected chi connectivity index (χ4v) is 3.51. The molecule has 0 aliphatic carbocycles. The first kappa shape index (κ1) is 19.2. The summed E-state index contributed by atoms with van der Waals surface area (Å²) in [7, 11) is 1.64. The van der Waals surface area contributed by atoms with Crippen LogP contribution in [0, 0.1) is 13.8 Å². The quantitative estimate of drug-likeness (QED) is 0.597. The number of methoxy groups -OCH3 is 1. The van der Waals surface area contributed by atoms with Crippen molar-refractivity contribution < 1.29 is 13.9 Å². The van der Waals surface area contributed by atoms with E-state index in [1.54, 1.807) is 19.4 Å². The summed E-state index contributed by atoms with van der Waals surface area (Å²) in [5.41, 5.74) is 3.02. The molecule has 0 unspecified atom stereocenters. The van der Waals surface area contributed by atoms with Gasteiger partial charge in [-0.15, -0.1) is 10.2 Å². The Kier molecular flexibility index (Phi) is 6.31. The van der Waals surface area contributed by atoms with Crippen LogP contribution in [0.15, 0.2) is 46.2 Å². The molecule has 3 aromatic rings. The van der Waals surface area contributed by atoms with E-state index in [-0.39, 0.29) is 11.7 Å². The predicted octanol–water partition coefficient (Wildman–Crippen LogP) is 3.53. The summed E-state index contributed by atoms with van der Waals surface area (Å²) in [5, 5.41) is 12.0. The number of carbonyl (C=O) groups excluding carboxylic acids is 1. The fourth-order valence-electron chi connectivity index (χ4n) is 2.74. The zero-order chi connectivity index (χ0) is 19.2. The van der Waals surface area contributed by atoms with Crippen molar-refractivity contribution in [2.24, 2.45) is 0 Å². The highest BCUT2D eigenvalue weighted by Gasteiger charge is 2.17. The monoisotopic (exact) mass is 386 g/mol. The maximum Gasteiger partial charge on any atom is 0.234 e. The molecule has 0 saturated carbocycles. The summed E-state index contributed by atoms with van der Waals surface area (Å²) in [6.45, 7) is 5.09. The topological polar surface area (TPSA) is 82.2 Å². The largest absolute Gasteiger partial charge is 0.461 e. The van der Waals surface area contributed by atoms with Gasteiger partial charge in [0.15, 0.2) is 10.9 Å². The van der Waals surface area contributed by atoms with E-state index in [9.17, 15) is 4.79 Å². The van der Waals surface area contributed by atoms with Gasteiger partial charge in [-0.1, -0.05) is 17.8 Å². The fraction of sp³-hybridized carbons (Fsp3) is 0.316. The third-order valence-electron chi connectivity index (χ3n) is 3.82. The number of aryl methyl sites for hydroxylation is 2. The normalized spacial score (nSPS) is 10.9. The van der Waals surface area contributed by atoms with Gasteiger partial charge in [-0.2, -0.15) is 0 Å². The second-order valence-electron chi connectivity index (χ2n) is 6.14. The molecule has 3 rings (SSSR count). The van der Waals surface area contributed by atoms with Gasteiger partial charge < -0.3 is 14.5 Å². The molecule has 0 spiro atoms. The lowest BCUT2D eigenvalue weighted by Crippen LogP contribution is -2.15. The van der Waals surface area contributed by atoms with Crippen molar-refractivity contribution >= 4 is 23.4 Å². The molecule has 0 saturated heterocycles. The number of benzene rings is 1. The van der Waals surface area contributed by atoms with Gasteiger partial charge in [0.1, 0.15) is 0 Å². The highest BCUT2D eigenvalue weighted by molar-refractivity contribution is 7.99. The molecule has 142 valence electrons. The first-order valence-corrected chi connectivity index (χ1v) is 9.52. The maximum absolute atomic E-state index is 12.3.